The summed E-state index contributed by atoms with van der Waals surface area (Å²) in [6.07, 6.45) is 3.48. The van der Waals surface area contributed by atoms with Crippen LogP contribution in [0.25, 0.3) is 11.1 Å². The number of piperidine rings is 1. The number of likely N-dealkylation sites (tertiary alicyclic amines) is 1. The number of benzene rings is 1. The van der Waals surface area contributed by atoms with Crippen molar-refractivity contribution in [2.24, 2.45) is 0 Å². The minimum atomic E-state index is -1.00. The van der Waals surface area contributed by atoms with E-state index in [1.165, 1.54) is 0 Å². The van der Waals surface area contributed by atoms with Crippen LogP contribution in [0.5, 0.6) is 0 Å². The molecule has 0 unspecified atom stereocenters. The lowest BCUT2D eigenvalue weighted by Crippen LogP contribution is -2.47. The van der Waals surface area contributed by atoms with E-state index in [-0.39, 0.29) is 18.4 Å². The second-order valence-electron chi connectivity index (χ2n) is 9.50. The molecule has 0 spiro atoms. The van der Waals surface area contributed by atoms with E-state index >= 15 is 0 Å². The van der Waals surface area contributed by atoms with E-state index in [4.69, 9.17) is 16.6 Å². The van der Waals surface area contributed by atoms with Gasteiger partial charge in [0.1, 0.15) is 12.1 Å². The Morgan fingerprint density at radius 2 is 1.94 bits per heavy atom. The molecular formula is C24H29ClN6O3. The standard InChI is InChI=1S/C24H29ClN6O3/c1-24(2)21(33)31(23(34)28-24)14-19(32)30-11-5-6-16(13-30)20-18(12-26-22(27-20)29(3)4)15-7-9-17(25)10-8-15/h7-10,12,16H,5-6,11,13-14H2,1-4H3,(H,28,34)/t16-/m1/s1. The van der Waals surface area contributed by atoms with Crippen LogP contribution in [0.2, 0.25) is 5.02 Å². The zero-order valence-corrected chi connectivity index (χ0v) is 20.6. The zero-order chi connectivity index (χ0) is 24.6. The summed E-state index contributed by atoms with van der Waals surface area (Å²) in [7, 11) is 3.77. The zero-order valence-electron chi connectivity index (χ0n) is 19.8. The van der Waals surface area contributed by atoms with Gasteiger partial charge >= 0.3 is 6.03 Å². The van der Waals surface area contributed by atoms with Crippen molar-refractivity contribution in [3.05, 3.63) is 41.2 Å². The summed E-state index contributed by atoms with van der Waals surface area (Å²) in [6.45, 7) is 4.02. The Morgan fingerprint density at radius 1 is 1.24 bits per heavy atom. The fourth-order valence-electron chi connectivity index (χ4n) is 4.39. The number of aromatic nitrogens is 2. The Hall–Kier alpha value is -3.20. The number of nitrogens with one attached hydrogen (secondary N) is 1. The Bertz CT molecular complexity index is 1120. The van der Waals surface area contributed by atoms with Gasteiger partial charge in [0.2, 0.25) is 11.9 Å². The van der Waals surface area contributed by atoms with Crippen molar-refractivity contribution >= 4 is 35.4 Å². The Labute approximate surface area is 204 Å². The van der Waals surface area contributed by atoms with Crippen molar-refractivity contribution in [1.29, 1.82) is 0 Å². The quantitative estimate of drug-likeness (QED) is 0.655. The van der Waals surface area contributed by atoms with E-state index < -0.39 is 17.5 Å². The second-order valence-corrected chi connectivity index (χ2v) is 9.93. The van der Waals surface area contributed by atoms with Crippen LogP contribution >= 0.6 is 11.6 Å². The number of halogens is 1. The van der Waals surface area contributed by atoms with Crippen LogP contribution in [-0.2, 0) is 9.59 Å². The molecule has 2 aliphatic heterocycles. The van der Waals surface area contributed by atoms with Crippen LogP contribution in [-0.4, -0.2) is 76.9 Å². The molecule has 0 aliphatic carbocycles. The maximum absolute atomic E-state index is 13.1. The van der Waals surface area contributed by atoms with Crippen molar-refractivity contribution < 1.29 is 14.4 Å². The number of anilines is 1. The number of carbonyl (C=O) groups excluding carboxylic acids is 3. The van der Waals surface area contributed by atoms with Gasteiger partial charge in [-0.1, -0.05) is 23.7 Å². The average Bonchev–Trinajstić information content (AvgIpc) is 3.00. The molecule has 3 heterocycles. The molecule has 0 radical (unpaired) electrons. The van der Waals surface area contributed by atoms with Gasteiger partial charge in [-0.3, -0.25) is 14.5 Å². The first-order valence-corrected chi connectivity index (χ1v) is 11.7. The predicted molar refractivity (Wildman–Crippen MR) is 130 cm³/mol. The van der Waals surface area contributed by atoms with Gasteiger partial charge in [0.15, 0.2) is 0 Å². The van der Waals surface area contributed by atoms with E-state index in [0.717, 1.165) is 34.6 Å². The fourth-order valence-corrected chi connectivity index (χ4v) is 4.51. The van der Waals surface area contributed by atoms with Gasteiger partial charge in [-0.05, 0) is 44.4 Å². The molecule has 2 aromatic rings. The number of nitrogens with zero attached hydrogens (tertiary/aromatic N) is 5. The summed E-state index contributed by atoms with van der Waals surface area (Å²) in [4.78, 5) is 51.8. The molecule has 1 aromatic carbocycles. The van der Waals surface area contributed by atoms with Crippen LogP contribution in [0.15, 0.2) is 30.5 Å². The number of urea groups is 1. The van der Waals surface area contributed by atoms with Crippen molar-refractivity contribution in [1.82, 2.24) is 25.1 Å². The molecule has 4 rings (SSSR count). The van der Waals surface area contributed by atoms with E-state index in [9.17, 15) is 14.4 Å². The highest BCUT2D eigenvalue weighted by atomic mass is 35.5. The number of imide groups is 1. The molecular weight excluding hydrogens is 456 g/mol. The van der Waals surface area contributed by atoms with E-state index in [0.29, 0.717) is 24.1 Å². The van der Waals surface area contributed by atoms with Gasteiger partial charge in [-0.15, -0.1) is 0 Å². The maximum Gasteiger partial charge on any atom is 0.325 e. The Balaban J connectivity index is 1.58. The summed E-state index contributed by atoms with van der Waals surface area (Å²) < 4.78 is 0. The first kappa shape index (κ1) is 23.9. The molecule has 180 valence electrons. The van der Waals surface area contributed by atoms with E-state index in [1.54, 1.807) is 18.7 Å². The van der Waals surface area contributed by atoms with Gasteiger partial charge in [-0.2, -0.15) is 0 Å². The molecule has 1 atom stereocenters. The van der Waals surface area contributed by atoms with Crippen molar-refractivity contribution in [3.8, 4) is 11.1 Å². The molecule has 2 saturated heterocycles. The lowest BCUT2D eigenvalue weighted by molar-refractivity contribution is -0.139. The molecule has 1 aromatic heterocycles. The highest BCUT2D eigenvalue weighted by molar-refractivity contribution is 6.30. The first-order chi connectivity index (χ1) is 16.1. The van der Waals surface area contributed by atoms with Crippen LogP contribution in [0.1, 0.15) is 38.3 Å². The van der Waals surface area contributed by atoms with Crippen LogP contribution < -0.4 is 10.2 Å². The predicted octanol–water partition coefficient (Wildman–Crippen LogP) is 2.90. The van der Waals surface area contributed by atoms with Crippen LogP contribution in [0.3, 0.4) is 0 Å². The minimum Gasteiger partial charge on any atom is -0.347 e. The summed E-state index contributed by atoms with van der Waals surface area (Å²) in [5.74, 6) is -0.0564. The molecule has 4 amide bonds. The number of hydrogen-bond acceptors (Lipinski definition) is 6. The number of hydrogen-bond donors (Lipinski definition) is 1. The second kappa shape index (κ2) is 9.21. The molecule has 10 heteroatoms. The minimum absolute atomic E-state index is 0.00961. The Morgan fingerprint density at radius 3 is 2.56 bits per heavy atom. The largest absolute Gasteiger partial charge is 0.347 e. The molecule has 0 saturated carbocycles. The third-order valence-electron chi connectivity index (χ3n) is 6.26. The van der Waals surface area contributed by atoms with E-state index in [2.05, 4.69) is 10.3 Å². The van der Waals surface area contributed by atoms with Gasteiger partial charge in [0.25, 0.3) is 5.91 Å². The van der Waals surface area contributed by atoms with Gasteiger partial charge in [0, 0.05) is 49.9 Å². The SMILES string of the molecule is CN(C)c1ncc(-c2ccc(Cl)cc2)c([C@@H]2CCCN(C(=O)CN3C(=O)NC(C)(C)C3=O)C2)n1. The molecule has 2 fully saturated rings. The monoisotopic (exact) mass is 484 g/mol. The topological polar surface area (TPSA) is 98.7 Å². The Kier molecular flexibility index (Phi) is 6.49. The number of rotatable bonds is 5. The van der Waals surface area contributed by atoms with E-state index in [1.807, 2.05) is 49.5 Å². The fraction of sp³-hybridized carbons (Fsp3) is 0.458. The molecule has 1 N–H and O–H groups in total. The smallest absolute Gasteiger partial charge is 0.325 e. The highest BCUT2D eigenvalue weighted by Gasteiger charge is 2.45. The van der Waals surface area contributed by atoms with Crippen molar-refractivity contribution in [2.75, 3.05) is 38.6 Å². The van der Waals surface area contributed by atoms with Crippen LogP contribution in [0, 0.1) is 0 Å². The summed E-state index contributed by atoms with van der Waals surface area (Å²) >= 11 is 6.08. The maximum atomic E-state index is 13.1. The summed E-state index contributed by atoms with van der Waals surface area (Å²) in [5, 5.41) is 3.27. The first-order valence-electron chi connectivity index (χ1n) is 11.3. The molecule has 34 heavy (non-hydrogen) atoms. The lowest BCUT2D eigenvalue weighted by Gasteiger charge is -2.34. The third-order valence-corrected chi connectivity index (χ3v) is 6.51. The van der Waals surface area contributed by atoms with Gasteiger partial charge < -0.3 is 15.1 Å². The third kappa shape index (κ3) is 4.70. The van der Waals surface area contributed by atoms with Crippen LogP contribution in [0.4, 0.5) is 10.7 Å². The van der Waals surface area contributed by atoms with Gasteiger partial charge in [-0.25, -0.2) is 14.8 Å². The normalized spacial score (nSPS) is 19.9. The summed E-state index contributed by atoms with van der Waals surface area (Å²) in [6, 6.07) is 7.00. The highest BCUT2D eigenvalue weighted by Crippen LogP contribution is 2.34. The van der Waals surface area contributed by atoms with Crippen molar-refractivity contribution in [3.63, 3.8) is 0 Å². The van der Waals surface area contributed by atoms with Gasteiger partial charge in [0.05, 0.1) is 5.69 Å². The molecule has 2 aliphatic rings. The van der Waals surface area contributed by atoms with Crippen molar-refractivity contribution in [2.45, 2.75) is 38.1 Å². The molecule has 9 nitrogen and oxygen atoms in total. The lowest BCUT2D eigenvalue weighted by atomic mass is 9.90. The molecule has 0 bridgehead atoms. The summed E-state index contributed by atoms with van der Waals surface area (Å²) in [5.41, 5.74) is 1.72. The number of amides is 4. The number of carbonyl (C=O) groups is 3. The average molecular weight is 485 g/mol.